The van der Waals surface area contributed by atoms with E-state index in [2.05, 4.69) is 32.6 Å². The molecule has 0 aromatic rings. The molecule has 0 heterocycles. The normalized spacial score (nSPS) is 38.1. The van der Waals surface area contributed by atoms with E-state index in [9.17, 15) is 25.2 Å². The molecule has 0 aromatic carbocycles. The van der Waals surface area contributed by atoms with E-state index in [4.69, 9.17) is 0 Å². The summed E-state index contributed by atoms with van der Waals surface area (Å²) in [6.45, 7) is 11.4. The molecule has 0 bridgehead atoms. The number of carbonyl (C=O) groups excluding carboxylic acids is 1. The fraction of sp³-hybridized carbons (Fsp3) is 0.741. The topological polar surface area (TPSA) is 98.0 Å². The highest BCUT2D eigenvalue weighted by Crippen LogP contribution is 2.59. The van der Waals surface area contributed by atoms with Crippen molar-refractivity contribution in [3.63, 3.8) is 0 Å². The molecule has 3 saturated carbocycles. The standard InChI is InChI=1S/C27H42O5/c1-16(13-24(30)25(31)26(3,4)32)21-10-11-22-18(7-6-12-27(21,22)5)8-9-19-14-20(28)15-23(29)17(19)2/h8-9,16,20-24,28-30,32H,2,6-7,10-15H2,1,3-5H3/b18-8+,19-9-/t16-,20+,21-,22+,23-,24?,27-/m1/s1. The number of carbonyl (C=O) groups is 1. The first-order chi connectivity index (χ1) is 14.8. The minimum atomic E-state index is -1.51. The molecule has 0 radical (unpaired) electrons. The molecule has 0 aromatic heterocycles. The quantitative estimate of drug-likeness (QED) is 0.497. The third kappa shape index (κ3) is 5.11. The van der Waals surface area contributed by atoms with Crippen molar-refractivity contribution in [2.75, 3.05) is 0 Å². The minimum Gasteiger partial charge on any atom is -0.393 e. The molecule has 3 aliphatic rings. The summed E-state index contributed by atoms with van der Waals surface area (Å²) in [7, 11) is 0. The molecule has 0 amide bonds. The highest BCUT2D eigenvalue weighted by Gasteiger charge is 2.51. The molecule has 1 unspecified atom stereocenters. The first kappa shape index (κ1) is 25.4. The van der Waals surface area contributed by atoms with Gasteiger partial charge in [-0.2, -0.15) is 0 Å². The van der Waals surface area contributed by atoms with Gasteiger partial charge in [-0.3, -0.25) is 4.79 Å². The fourth-order valence-electron chi connectivity index (χ4n) is 6.71. The molecule has 3 rings (SSSR count). The first-order valence-corrected chi connectivity index (χ1v) is 12.2. The van der Waals surface area contributed by atoms with Gasteiger partial charge in [0.2, 0.25) is 0 Å². The van der Waals surface area contributed by atoms with Crippen LogP contribution in [0, 0.1) is 23.2 Å². The van der Waals surface area contributed by atoms with Crippen molar-refractivity contribution in [3.8, 4) is 0 Å². The Bertz CT molecular complexity index is 788. The molecule has 3 fully saturated rings. The molecule has 0 aliphatic heterocycles. The molecule has 4 N–H and O–H groups in total. The summed E-state index contributed by atoms with van der Waals surface area (Å²) in [5.74, 6) is 0.570. The zero-order valence-electron chi connectivity index (χ0n) is 20.2. The number of aliphatic hydroxyl groups is 4. The van der Waals surface area contributed by atoms with Crippen molar-refractivity contribution in [1.29, 1.82) is 0 Å². The van der Waals surface area contributed by atoms with E-state index in [1.807, 2.05) is 0 Å². The Kier molecular flexibility index (Phi) is 7.56. The number of hydrogen-bond acceptors (Lipinski definition) is 5. The maximum absolute atomic E-state index is 12.3. The van der Waals surface area contributed by atoms with Crippen molar-refractivity contribution in [3.05, 3.63) is 35.5 Å². The molecular weight excluding hydrogens is 404 g/mol. The van der Waals surface area contributed by atoms with Crippen LogP contribution in [0.25, 0.3) is 0 Å². The van der Waals surface area contributed by atoms with E-state index in [-0.39, 0.29) is 11.3 Å². The first-order valence-electron chi connectivity index (χ1n) is 12.2. The Morgan fingerprint density at radius 1 is 1.28 bits per heavy atom. The highest BCUT2D eigenvalue weighted by molar-refractivity contribution is 5.89. The second-order valence-corrected chi connectivity index (χ2v) is 11.3. The average Bonchev–Trinajstić information content (AvgIpc) is 3.05. The zero-order chi connectivity index (χ0) is 23.8. The van der Waals surface area contributed by atoms with Crippen molar-refractivity contribution in [2.24, 2.45) is 23.2 Å². The van der Waals surface area contributed by atoms with Gasteiger partial charge in [-0.25, -0.2) is 0 Å². The molecular formula is C27H42O5. The Labute approximate surface area is 192 Å². The summed E-state index contributed by atoms with van der Waals surface area (Å²) >= 11 is 0. The molecule has 3 aliphatic carbocycles. The SMILES string of the molecule is C=C1/C(=C\C=C2/CCC[C@]3(C)[C@@H]([C@H](C)CC(O)C(=O)C(C)(C)O)CC[C@@H]23)C[C@H](O)C[C@H]1O. The van der Waals surface area contributed by atoms with E-state index in [1.54, 1.807) is 0 Å². The summed E-state index contributed by atoms with van der Waals surface area (Å²) in [5, 5.41) is 40.6. The summed E-state index contributed by atoms with van der Waals surface area (Å²) < 4.78 is 0. The summed E-state index contributed by atoms with van der Waals surface area (Å²) in [5.41, 5.74) is 1.69. The van der Waals surface area contributed by atoms with Gasteiger partial charge in [-0.1, -0.05) is 38.2 Å². The molecule has 0 saturated heterocycles. The lowest BCUT2D eigenvalue weighted by atomic mass is 9.60. The van der Waals surface area contributed by atoms with E-state index in [0.29, 0.717) is 36.7 Å². The lowest BCUT2D eigenvalue weighted by Crippen LogP contribution is -2.42. The summed E-state index contributed by atoms with van der Waals surface area (Å²) in [4.78, 5) is 12.3. The van der Waals surface area contributed by atoms with E-state index in [0.717, 1.165) is 37.7 Å². The van der Waals surface area contributed by atoms with Gasteiger partial charge in [0, 0.05) is 6.42 Å². The number of ketones is 1. The van der Waals surface area contributed by atoms with Crippen LogP contribution in [-0.4, -0.2) is 50.1 Å². The van der Waals surface area contributed by atoms with E-state index in [1.165, 1.54) is 19.4 Å². The predicted molar refractivity (Wildman–Crippen MR) is 126 cm³/mol. The van der Waals surface area contributed by atoms with E-state index >= 15 is 0 Å². The second kappa shape index (κ2) is 9.54. The van der Waals surface area contributed by atoms with Crippen LogP contribution in [0.1, 0.15) is 79.1 Å². The lowest BCUT2D eigenvalue weighted by molar-refractivity contribution is -0.144. The minimum absolute atomic E-state index is 0.127. The van der Waals surface area contributed by atoms with E-state index < -0.39 is 29.7 Å². The maximum atomic E-state index is 12.3. The van der Waals surface area contributed by atoms with Gasteiger partial charge in [0.15, 0.2) is 5.78 Å². The lowest BCUT2D eigenvalue weighted by Gasteiger charge is -2.44. The molecule has 7 atom stereocenters. The van der Waals surface area contributed by atoms with Crippen LogP contribution in [-0.2, 0) is 4.79 Å². The zero-order valence-corrected chi connectivity index (χ0v) is 20.2. The predicted octanol–water partition coefficient (Wildman–Crippen LogP) is 3.85. The van der Waals surface area contributed by atoms with Crippen molar-refractivity contribution in [1.82, 2.24) is 0 Å². The monoisotopic (exact) mass is 446 g/mol. The number of Topliss-reactive ketones (excluding diaryl/α,β-unsaturated/α-hetero) is 1. The summed E-state index contributed by atoms with van der Waals surface area (Å²) in [6.07, 6.45) is 8.69. The Hall–Kier alpha value is -1.27. The number of fused-ring (bicyclic) bond motifs is 1. The van der Waals surface area contributed by atoms with Gasteiger partial charge in [0.25, 0.3) is 0 Å². The number of rotatable bonds is 6. The van der Waals surface area contributed by atoms with Crippen LogP contribution in [0.4, 0.5) is 0 Å². The molecule has 180 valence electrons. The molecule has 5 nitrogen and oxygen atoms in total. The van der Waals surface area contributed by atoms with Gasteiger partial charge < -0.3 is 20.4 Å². The number of hydrogen-bond donors (Lipinski definition) is 4. The highest BCUT2D eigenvalue weighted by atomic mass is 16.3. The van der Waals surface area contributed by atoms with Crippen LogP contribution in [0.2, 0.25) is 0 Å². The van der Waals surface area contributed by atoms with Crippen molar-refractivity contribution in [2.45, 2.75) is 103 Å². The smallest absolute Gasteiger partial charge is 0.192 e. The van der Waals surface area contributed by atoms with Crippen molar-refractivity contribution >= 4 is 5.78 Å². The summed E-state index contributed by atoms with van der Waals surface area (Å²) in [6, 6.07) is 0. The van der Waals surface area contributed by atoms with Gasteiger partial charge in [0.05, 0.1) is 12.2 Å². The third-order valence-corrected chi connectivity index (χ3v) is 8.49. The third-order valence-electron chi connectivity index (χ3n) is 8.49. The van der Waals surface area contributed by atoms with Crippen LogP contribution < -0.4 is 0 Å². The number of allylic oxidation sites excluding steroid dienone is 3. The van der Waals surface area contributed by atoms with Crippen molar-refractivity contribution < 1.29 is 25.2 Å². The van der Waals surface area contributed by atoms with Crippen LogP contribution in [0.3, 0.4) is 0 Å². The van der Waals surface area contributed by atoms with Gasteiger partial charge in [-0.05, 0) is 93.1 Å². The Morgan fingerprint density at radius 3 is 2.62 bits per heavy atom. The van der Waals surface area contributed by atoms with Gasteiger partial charge >= 0.3 is 0 Å². The second-order valence-electron chi connectivity index (χ2n) is 11.3. The average molecular weight is 447 g/mol. The maximum Gasteiger partial charge on any atom is 0.192 e. The molecule has 5 heteroatoms. The molecule has 0 spiro atoms. The van der Waals surface area contributed by atoms with Crippen LogP contribution in [0.5, 0.6) is 0 Å². The largest absolute Gasteiger partial charge is 0.393 e. The van der Waals surface area contributed by atoms with Gasteiger partial charge in [0.1, 0.15) is 11.7 Å². The van der Waals surface area contributed by atoms with Gasteiger partial charge in [-0.15, -0.1) is 0 Å². The Morgan fingerprint density at radius 2 is 1.97 bits per heavy atom. The Balaban J connectivity index is 1.75. The molecule has 32 heavy (non-hydrogen) atoms. The van der Waals surface area contributed by atoms with Crippen LogP contribution in [0.15, 0.2) is 35.5 Å². The number of aliphatic hydroxyl groups excluding tert-OH is 3. The fourth-order valence-corrected chi connectivity index (χ4v) is 6.71. The van der Waals surface area contributed by atoms with Crippen LogP contribution >= 0.6 is 0 Å².